The average Bonchev–Trinajstić information content (AvgIpc) is 2.75. The molecule has 0 heterocycles. The Labute approximate surface area is 176 Å². The number of hydrogen-bond acceptors (Lipinski definition) is 5. The van der Waals surface area contributed by atoms with E-state index in [4.69, 9.17) is 4.74 Å². The Hall–Kier alpha value is -3.19. The van der Waals surface area contributed by atoms with E-state index in [0.717, 1.165) is 10.2 Å². The second kappa shape index (κ2) is 9.34. The fourth-order valence-corrected chi connectivity index (χ4v) is 3.20. The van der Waals surface area contributed by atoms with E-state index in [2.05, 4.69) is 21.2 Å². The van der Waals surface area contributed by atoms with Crippen molar-refractivity contribution in [3.05, 3.63) is 98.5 Å². The van der Waals surface area contributed by atoms with E-state index in [1.807, 2.05) is 24.3 Å². The Kier molecular flexibility index (Phi) is 6.61. The van der Waals surface area contributed by atoms with E-state index in [1.54, 1.807) is 43.5 Å². The quantitative estimate of drug-likeness (QED) is 0.264. The number of halogens is 1. The van der Waals surface area contributed by atoms with Gasteiger partial charge in [-0.2, -0.15) is 0 Å². The first-order valence-electron chi connectivity index (χ1n) is 8.90. The number of benzene rings is 3. The molecule has 0 aromatic heterocycles. The number of non-ortho nitro benzene ring substituents is 1. The van der Waals surface area contributed by atoms with Gasteiger partial charge in [0, 0.05) is 34.3 Å². The number of ether oxygens (including phenoxy) is 1. The molecule has 0 amide bonds. The molecule has 0 aliphatic carbocycles. The third-order valence-electron chi connectivity index (χ3n) is 4.47. The van der Waals surface area contributed by atoms with Crippen molar-refractivity contribution in [1.82, 2.24) is 0 Å². The maximum absolute atomic E-state index is 12.9. The molecule has 29 heavy (non-hydrogen) atoms. The van der Waals surface area contributed by atoms with Gasteiger partial charge in [-0.3, -0.25) is 14.9 Å². The Balaban J connectivity index is 1.88. The lowest BCUT2D eigenvalue weighted by atomic mass is 9.97. The molecule has 0 bridgehead atoms. The predicted octanol–water partition coefficient (Wildman–Crippen LogP) is 5.79. The molecule has 0 saturated heterocycles. The van der Waals surface area contributed by atoms with Crippen LogP contribution in [0.1, 0.15) is 28.4 Å². The highest BCUT2D eigenvalue weighted by atomic mass is 79.9. The molecule has 7 heteroatoms. The van der Waals surface area contributed by atoms with Gasteiger partial charge < -0.3 is 10.1 Å². The van der Waals surface area contributed by atoms with Gasteiger partial charge in [-0.1, -0.05) is 28.1 Å². The minimum Gasteiger partial charge on any atom is -0.497 e. The molecular formula is C22H19BrN2O4. The first-order chi connectivity index (χ1) is 14.0. The highest BCUT2D eigenvalue weighted by Gasteiger charge is 2.20. The molecule has 0 saturated carbocycles. The number of nitrogens with zero attached hydrogens (tertiary/aromatic N) is 1. The van der Waals surface area contributed by atoms with Gasteiger partial charge in [0.05, 0.1) is 18.1 Å². The van der Waals surface area contributed by atoms with Gasteiger partial charge in [0.1, 0.15) is 5.75 Å². The lowest BCUT2D eigenvalue weighted by Crippen LogP contribution is -2.16. The Morgan fingerprint density at radius 2 is 1.79 bits per heavy atom. The lowest BCUT2D eigenvalue weighted by molar-refractivity contribution is -0.384. The summed E-state index contributed by atoms with van der Waals surface area (Å²) in [5.74, 6) is 0.596. The number of nitro benzene ring substituents is 1. The van der Waals surface area contributed by atoms with E-state index in [-0.39, 0.29) is 17.9 Å². The van der Waals surface area contributed by atoms with E-state index < -0.39 is 11.0 Å². The molecule has 0 fully saturated rings. The monoisotopic (exact) mass is 454 g/mol. The van der Waals surface area contributed by atoms with Crippen molar-refractivity contribution in [2.45, 2.75) is 12.5 Å². The summed E-state index contributed by atoms with van der Waals surface area (Å²) in [5.41, 5.74) is 2.03. The third kappa shape index (κ3) is 5.42. The minimum absolute atomic E-state index is 0.0120. The van der Waals surface area contributed by atoms with E-state index in [9.17, 15) is 14.9 Å². The minimum atomic E-state index is -0.439. The fourth-order valence-electron chi connectivity index (χ4n) is 2.93. The molecule has 3 aromatic rings. The van der Waals surface area contributed by atoms with Crippen molar-refractivity contribution in [2.75, 3.05) is 12.4 Å². The number of carbonyl (C=O) groups excluding carboxylic acids is 1. The summed E-state index contributed by atoms with van der Waals surface area (Å²) in [6.07, 6.45) is 0.142. The van der Waals surface area contributed by atoms with Gasteiger partial charge in [-0.05, 0) is 54.1 Å². The highest BCUT2D eigenvalue weighted by Crippen LogP contribution is 2.28. The molecule has 0 aliphatic rings. The number of Topliss-reactive ketones (excluding diaryl/α,β-unsaturated/α-hetero) is 1. The van der Waals surface area contributed by atoms with Crippen LogP contribution in [-0.4, -0.2) is 17.8 Å². The molecule has 148 valence electrons. The van der Waals surface area contributed by atoms with Crippen LogP contribution in [0.2, 0.25) is 0 Å². The van der Waals surface area contributed by atoms with Crippen LogP contribution in [0.4, 0.5) is 11.4 Å². The summed E-state index contributed by atoms with van der Waals surface area (Å²) in [4.78, 5) is 23.6. The van der Waals surface area contributed by atoms with Crippen LogP contribution in [0.3, 0.4) is 0 Å². The summed E-state index contributed by atoms with van der Waals surface area (Å²) in [6.45, 7) is 0. The number of ketones is 1. The summed E-state index contributed by atoms with van der Waals surface area (Å²) < 4.78 is 6.07. The second-order valence-corrected chi connectivity index (χ2v) is 7.33. The van der Waals surface area contributed by atoms with Crippen molar-refractivity contribution < 1.29 is 14.5 Å². The van der Waals surface area contributed by atoms with Gasteiger partial charge in [-0.25, -0.2) is 0 Å². The average molecular weight is 455 g/mol. The van der Waals surface area contributed by atoms with Crippen LogP contribution in [0.5, 0.6) is 5.75 Å². The van der Waals surface area contributed by atoms with Gasteiger partial charge >= 0.3 is 0 Å². The van der Waals surface area contributed by atoms with Crippen molar-refractivity contribution in [3.8, 4) is 5.75 Å². The standard InChI is InChI=1S/C22H19BrN2O4/c1-29-20-11-5-15(6-12-20)22(26)14-21(24-18-9-7-17(23)8-10-18)16-3-2-4-19(13-16)25(27)28/h2-13,21,24H,14H2,1H3. The number of nitrogens with one attached hydrogen (secondary N) is 1. The van der Waals surface area contributed by atoms with Crippen LogP contribution in [-0.2, 0) is 0 Å². The molecule has 1 N–H and O–H groups in total. The molecule has 3 aromatic carbocycles. The summed E-state index contributed by atoms with van der Waals surface area (Å²) in [6, 6.07) is 20.3. The van der Waals surface area contributed by atoms with Gasteiger partial charge in [-0.15, -0.1) is 0 Å². The number of rotatable bonds is 8. The van der Waals surface area contributed by atoms with Crippen LogP contribution >= 0.6 is 15.9 Å². The normalized spacial score (nSPS) is 11.5. The van der Waals surface area contributed by atoms with Crippen molar-refractivity contribution >= 4 is 33.1 Å². The lowest BCUT2D eigenvalue weighted by Gasteiger charge is -2.20. The maximum Gasteiger partial charge on any atom is 0.269 e. The smallest absolute Gasteiger partial charge is 0.269 e. The highest BCUT2D eigenvalue weighted by molar-refractivity contribution is 9.10. The summed E-state index contributed by atoms with van der Waals surface area (Å²) in [7, 11) is 1.57. The summed E-state index contributed by atoms with van der Waals surface area (Å²) >= 11 is 3.40. The first-order valence-corrected chi connectivity index (χ1v) is 9.69. The number of anilines is 1. The zero-order valence-corrected chi connectivity index (χ0v) is 17.3. The molecule has 3 rings (SSSR count). The van der Waals surface area contributed by atoms with Crippen LogP contribution < -0.4 is 10.1 Å². The second-order valence-electron chi connectivity index (χ2n) is 6.41. The topological polar surface area (TPSA) is 81.5 Å². The molecule has 0 radical (unpaired) electrons. The SMILES string of the molecule is COc1ccc(C(=O)CC(Nc2ccc(Br)cc2)c2cccc([N+](=O)[O-])c2)cc1. The molecule has 0 aliphatic heterocycles. The Morgan fingerprint density at radius 1 is 1.10 bits per heavy atom. The fraction of sp³-hybridized carbons (Fsp3) is 0.136. The van der Waals surface area contributed by atoms with Crippen LogP contribution in [0.25, 0.3) is 0 Å². The molecular weight excluding hydrogens is 436 g/mol. The van der Waals surface area contributed by atoms with Crippen LogP contribution in [0.15, 0.2) is 77.3 Å². The number of nitro groups is 1. The van der Waals surface area contributed by atoms with E-state index in [0.29, 0.717) is 16.9 Å². The van der Waals surface area contributed by atoms with E-state index >= 15 is 0 Å². The van der Waals surface area contributed by atoms with Gasteiger partial charge in [0.25, 0.3) is 5.69 Å². The third-order valence-corrected chi connectivity index (χ3v) is 5.00. The number of carbonyl (C=O) groups is 1. The summed E-state index contributed by atoms with van der Waals surface area (Å²) in [5, 5.41) is 14.5. The zero-order chi connectivity index (χ0) is 20.8. The Morgan fingerprint density at radius 3 is 2.41 bits per heavy atom. The maximum atomic E-state index is 12.9. The number of methoxy groups -OCH3 is 1. The first kappa shape index (κ1) is 20.5. The van der Waals surface area contributed by atoms with E-state index in [1.165, 1.54) is 12.1 Å². The Bertz CT molecular complexity index is 1000. The zero-order valence-electron chi connectivity index (χ0n) is 15.7. The molecule has 0 spiro atoms. The van der Waals surface area contributed by atoms with Crippen molar-refractivity contribution in [1.29, 1.82) is 0 Å². The number of hydrogen-bond donors (Lipinski definition) is 1. The molecule has 6 nitrogen and oxygen atoms in total. The molecule has 1 atom stereocenters. The predicted molar refractivity (Wildman–Crippen MR) is 116 cm³/mol. The van der Waals surface area contributed by atoms with Crippen LogP contribution in [0, 0.1) is 10.1 Å². The van der Waals surface area contributed by atoms with Gasteiger partial charge in [0.15, 0.2) is 5.78 Å². The van der Waals surface area contributed by atoms with Gasteiger partial charge in [0.2, 0.25) is 0 Å². The van der Waals surface area contributed by atoms with Crippen molar-refractivity contribution in [3.63, 3.8) is 0 Å². The largest absolute Gasteiger partial charge is 0.497 e. The van der Waals surface area contributed by atoms with Crippen molar-refractivity contribution in [2.24, 2.45) is 0 Å². The molecule has 1 unspecified atom stereocenters.